The van der Waals surface area contributed by atoms with Crippen molar-refractivity contribution in [3.63, 3.8) is 0 Å². The molecule has 2 aromatic rings. The molecule has 0 aromatic heterocycles. The second-order valence-corrected chi connectivity index (χ2v) is 11.6. The average molecular weight is 551 g/mol. The SMILES string of the molecule is C[C@H](C(=O)NC1CCCCC1)N(Cc1ccc(Br)cc1)C(=O)CN(c1ccccc1)S(C)(=O)=O. The number of sulfonamides is 1. The van der Waals surface area contributed by atoms with Crippen LogP contribution in [-0.2, 0) is 26.2 Å². The van der Waals surface area contributed by atoms with Gasteiger partial charge >= 0.3 is 0 Å². The molecule has 2 aromatic carbocycles. The lowest BCUT2D eigenvalue weighted by Gasteiger charge is -2.33. The van der Waals surface area contributed by atoms with Gasteiger partial charge in [-0.05, 0) is 49.6 Å². The molecule has 184 valence electrons. The molecule has 2 amide bonds. The fraction of sp³-hybridized carbons (Fsp3) is 0.440. The Morgan fingerprint density at radius 1 is 1.03 bits per heavy atom. The van der Waals surface area contributed by atoms with E-state index in [2.05, 4.69) is 21.2 Å². The molecule has 0 saturated heterocycles. The summed E-state index contributed by atoms with van der Waals surface area (Å²) >= 11 is 3.41. The number of benzene rings is 2. The van der Waals surface area contributed by atoms with Crippen LogP contribution in [0, 0.1) is 0 Å². The van der Waals surface area contributed by atoms with E-state index in [-0.39, 0.29) is 25.0 Å². The first-order chi connectivity index (χ1) is 16.1. The van der Waals surface area contributed by atoms with Crippen molar-refractivity contribution in [1.82, 2.24) is 10.2 Å². The Morgan fingerprint density at radius 2 is 1.65 bits per heavy atom. The van der Waals surface area contributed by atoms with Crippen molar-refractivity contribution in [1.29, 1.82) is 0 Å². The predicted molar refractivity (Wildman–Crippen MR) is 138 cm³/mol. The van der Waals surface area contributed by atoms with Crippen molar-refractivity contribution in [3.05, 3.63) is 64.6 Å². The molecule has 1 N–H and O–H groups in total. The first kappa shape index (κ1) is 26.2. The average Bonchev–Trinajstić information content (AvgIpc) is 2.82. The third kappa shape index (κ3) is 7.30. The van der Waals surface area contributed by atoms with Gasteiger partial charge in [0, 0.05) is 17.1 Å². The number of rotatable bonds is 9. The summed E-state index contributed by atoms with van der Waals surface area (Å²) in [5.74, 6) is -0.661. The van der Waals surface area contributed by atoms with Gasteiger partial charge in [-0.15, -0.1) is 0 Å². The van der Waals surface area contributed by atoms with Gasteiger partial charge in [0.15, 0.2) is 0 Å². The molecule has 1 saturated carbocycles. The largest absolute Gasteiger partial charge is 0.352 e. The molecule has 0 spiro atoms. The second kappa shape index (κ2) is 11.8. The van der Waals surface area contributed by atoms with E-state index in [4.69, 9.17) is 0 Å². The van der Waals surface area contributed by atoms with Crippen molar-refractivity contribution in [2.24, 2.45) is 0 Å². The summed E-state index contributed by atoms with van der Waals surface area (Å²) in [5, 5.41) is 3.09. The molecule has 1 aliphatic carbocycles. The minimum Gasteiger partial charge on any atom is -0.352 e. The fourth-order valence-electron chi connectivity index (χ4n) is 4.15. The highest BCUT2D eigenvalue weighted by Crippen LogP contribution is 2.21. The number of halogens is 1. The number of hydrogen-bond donors (Lipinski definition) is 1. The minimum absolute atomic E-state index is 0.116. The van der Waals surface area contributed by atoms with Crippen LogP contribution in [0.4, 0.5) is 5.69 Å². The van der Waals surface area contributed by atoms with Crippen LogP contribution in [0.1, 0.15) is 44.6 Å². The molecule has 9 heteroatoms. The van der Waals surface area contributed by atoms with Gasteiger partial charge in [0.2, 0.25) is 21.8 Å². The second-order valence-electron chi connectivity index (χ2n) is 8.77. The van der Waals surface area contributed by atoms with E-state index in [1.807, 2.05) is 24.3 Å². The van der Waals surface area contributed by atoms with Gasteiger partial charge in [-0.25, -0.2) is 8.42 Å². The van der Waals surface area contributed by atoms with E-state index >= 15 is 0 Å². The summed E-state index contributed by atoms with van der Waals surface area (Å²) in [5.41, 5.74) is 1.25. The van der Waals surface area contributed by atoms with Gasteiger partial charge in [-0.1, -0.05) is 65.5 Å². The standard InChI is InChI=1S/C25H32BrN3O4S/c1-19(25(31)27-22-9-5-3-6-10-22)28(17-20-13-15-21(26)16-14-20)24(30)18-29(34(2,32)33)23-11-7-4-8-12-23/h4,7-8,11-16,19,22H,3,5-6,9-10,17-18H2,1-2H3,(H,27,31)/t19-/m1/s1. The predicted octanol–water partition coefficient (Wildman–Crippen LogP) is 4.08. The van der Waals surface area contributed by atoms with Crippen LogP contribution < -0.4 is 9.62 Å². The van der Waals surface area contributed by atoms with Crippen molar-refractivity contribution in [2.45, 2.75) is 57.7 Å². The molecule has 0 radical (unpaired) electrons. The minimum atomic E-state index is -3.71. The van der Waals surface area contributed by atoms with E-state index in [1.165, 1.54) is 11.3 Å². The third-order valence-electron chi connectivity index (χ3n) is 6.11. The molecule has 3 rings (SSSR count). The first-order valence-corrected chi connectivity index (χ1v) is 14.2. The molecular formula is C25H32BrN3O4S. The zero-order valence-corrected chi connectivity index (χ0v) is 22.0. The smallest absolute Gasteiger partial charge is 0.244 e. The Bertz CT molecular complexity index is 1070. The van der Waals surface area contributed by atoms with E-state index in [0.717, 1.165) is 46.3 Å². The Morgan fingerprint density at radius 3 is 2.24 bits per heavy atom. The Hall–Kier alpha value is -2.39. The molecule has 0 heterocycles. The first-order valence-electron chi connectivity index (χ1n) is 11.5. The number of carbonyl (C=O) groups is 2. The highest BCUT2D eigenvalue weighted by molar-refractivity contribution is 9.10. The quantitative estimate of drug-likeness (QED) is 0.510. The van der Waals surface area contributed by atoms with Crippen LogP contribution in [0.2, 0.25) is 0 Å². The van der Waals surface area contributed by atoms with Gasteiger partial charge in [0.25, 0.3) is 0 Å². The summed E-state index contributed by atoms with van der Waals surface area (Å²) in [7, 11) is -3.71. The lowest BCUT2D eigenvalue weighted by atomic mass is 9.95. The van der Waals surface area contributed by atoms with Crippen LogP contribution in [-0.4, -0.2) is 50.0 Å². The molecule has 0 bridgehead atoms. The van der Waals surface area contributed by atoms with Crippen molar-refractivity contribution in [2.75, 3.05) is 17.1 Å². The van der Waals surface area contributed by atoms with E-state index in [9.17, 15) is 18.0 Å². The summed E-state index contributed by atoms with van der Waals surface area (Å²) in [6.07, 6.45) is 6.30. The van der Waals surface area contributed by atoms with Crippen LogP contribution in [0.15, 0.2) is 59.1 Å². The molecular weight excluding hydrogens is 518 g/mol. The number of nitrogens with zero attached hydrogens (tertiary/aromatic N) is 2. The number of nitrogens with one attached hydrogen (secondary N) is 1. The maximum absolute atomic E-state index is 13.5. The van der Waals surface area contributed by atoms with Crippen molar-refractivity contribution < 1.29 is 18.0 Å². The lowest BCUT2D eigenvalue weighted by Crippen LogP contribution is -2.52. The van der Waals surface area contributed by atoms with Gasteiger partial charge in [0.1, 0.15) is 12.6 Å². The zero-order chi connectivity index (χ0) is 24.7. The summed E-state index contributed by atoms with van der Waals surface area (Å²) < 4.78 is 27.0. The van der Waals surface area contributed by atoms with Crippen LogP contribution in [0.25, 0.3) is 0 Å². The summed E-state index contributed by atoms with van der Waals surface area (Å²) in [6.45, 7) is 1.50. The normalized spacial score (nSPS) is 15.4. The van der Waals surface area contributed by atoms with Crippen molar-refractivity contribution >= 4 is 43.5 Å². The molecule has 1 atom stereocenters. The Balaban J connectivity index is 1.84. The number of carbonyl (C=O) groups excluding carboxylic acids is 2. The molecule has 1 aliphatic rings. The monoisotopic (exact) mass is 549 g/mol. The van der Waals surface area contributed by atoms with Gasteiger partial charge < -0.3 is 10.2 Å². The van der Waals surface area contributed by atoms with E-state index in [0.29, 0.717) is 5.69 Å². The number of para-hydroxylation sites is 1. The summed E-state index contributed by atoms with van der Waals surface area (Å²) in [4.78, 5) is 28.1. The van der Waals surface area contributed by atoms with Gasteiger partial charge in [-0.2, -0.15) is 0 Å². The van der Waals surface area contributed by atoms with E-state index in [1.54, 1.807) is 37.3 Å². The maximum atomic E-state index is 13.5. The zero-order valence-electron chi connectivity index (χ0n) is 19.6. The maximum Gasteiger partial charge on any atom is 0.244 e. The lowest BCUT2D eigenvalue weighted by molar-refractivity contribution is -0.139. The topological polar surface area (TPSA) is 86.8 Å². The Kier molecular flexibility index (Phi) is 9.13. The molecule has 0 aliphatic heterocycles. The third-order valence-corrected chi connectivity index (χ3v) is 7.78. The fourth-order valence-corrected chi connectivity index (χ4v) is 5.26. The van der Waals surface area contributed by atoms with Gasteiger partial charge in [0.05, 0.1) is 11.9 Å². The molecule has 1 fully saturated rings. The van der Waals surface area contributed by atoms with Crippen LogP contribution in [0.5, 0.6) is 0 Å². The number of anilines is 1. The van der Waals surface area contributed by atoms with Crippen LogP contribution >= 0.6 is 15.9 Å². The van der Waals surface area contributed by atoms with Gasteiger partial charge in [-0.3, -0.25) is 13.9 Å². The van der Waals surface area contributed by atoms with Crippen molar-refractivity contribution in [3.8, 4) is 0 Å². The number of amides is 2. The highest BCUT2D eigenvalue weighted by Gasteiger charge is 2.31. The molecule has 34 heavy (non-hydrogen) atoms. The van der Waals surface area contributed by atoms with E-state index < -0.39 is 22.0 Å². The molecule has 7 nitrogen and oxygen atoms in total. The summed E-state index contributed by atoms with van der Waals surface area (Å²) in [6, 6.07) is 15.4. The van der Waals surface area contributed by atoms with Crippen LogP contribution in [0.3, 0.4) is 0 Å². The Labute approximate surface area is 210 Å². The molecule has 0 unspecified atom stereocenters. The highest BCUT2D eigenvalue weighted by atomic mass is 79.9. The number of hydrogen-bond acceptors (Lipinski definition) is 4.